The first-order chi connectivity index (χ1) is 8.60. The van der Waals surface area contributed by atoms with Gasteiger partial charge < -0.3 is 24.7 Å². The summed E-state index contributed by atoms with van der Waals surface area (Å²) in [5.41, 5.74) is 6.74. The highest BCUT2D eigenvalue weighted by Crippen LogP contribution is 2.14. The maximum Gasteiger partial charge on any atom is 0.354 e. The van der Waals surface area contributed by atoms with Crippen molar-refractivity contribution in [2.45, 2.75) is 12.6 Å². The van der Waals surface area contributed by atoms with Crippen LogP contribution in [0.4, 0.5) is 5.69 Å². The molecule has 0 aliphatic carbocycles. The SMILES string of the molecule is COC(=O)c1cc(N)cn1CC1CN(C)CCO1. The molecule has 1 saturated heterocycles. The van der Waals surface area contributed by atoms with Crippen LogP contribution in [-0.4, -0.2) is 55.4 Å². The van der Waals surface area contributed by atoms with Crippen molar-refractivity contribution in [2.24, 2.45) is 0 Å². The summed E-state index contributed by atoms with van der Waals surface area (Å²) in [6.07, 6.45) is 1.81. The number of hydrogen-bond donors (Lipinski definition) is 1. The zero-order valence-corrected chi connectivity index (χ0v) is 10.8. The molecule has 0 saturated carbocycles. The Kier molecular flexibility index (Phi) is 3.88. The Morgan fingerprint density at radius 2 is 2.44 bits per heavy atom. The number of anilines is 1. The predicted molar refractivity (Wildman–Crippen MR) is 67.4 cm³/mol. The lowest BCUT2D eigenvalue weighted by Gasteiger charge is -2.30. The molecule has 0 aromatic carbocycles. The number of nitrogens with two attached hydrogens (primary N) is 1. The molecule has 2 heterocycles. The average molecular weight is 253 g/mol. The number of carbonyl (C=O) groups excluding carboxylic acids is 1. The van der Waals surface area contributed by atoms with Gasteiger partial charge in [0, 0.05) is 19.3 Å². The number of rotatable bonds is 3. The minimum Gasteiger partial charge on any atom is -0.464 e. The standard InChI is InChI=1S/C12H19N3O3/c1-14-3-4-18-10(7-14)8-15-6-9(13)5-11(15)12(16)17-2/h5-6,10H,3-4,7-8,13H2,1-2H3. The largest absolute Gasteiger partial charge is 0.464 e. The van der Waals surface area contributed by atoms with Gasteiger partial charge in [-0.25, -0.2) is 4.79 Å². The van der Waals surface area contributed by atoms with E-state index in [0.29, 0.717) is 24.5 Å². The number of likely N-dealkylation sites (N-methyl/N-ethyl adjacent to an activating group) is 1. The Bertz CT molecular complexity index is 430. The van der Waals surface area contributed by atoms with E-state index in [9.17, 15) is 4.79 Å². The number of nitrogens with zero attached hydrogens (tertiary/aromatic N) is 2. The Morgan fingerprint density at radius 3 is 3.11 bits per heavy atom. The normalized spacial score (nSPS) is 20.9. The van der Waals surface area contributed by atoms with Crippen LogP contribution in [0.2, 0.25) is 0 Å². The van der Waals surface area contributed by atoms with E-state index in [0.717, 1.165) is 13.1 Å². The monoisotopic (exact) mass is 253 g/mol. The number of ether oxygens (including phenoxy) is 2. The number of aromatic nitrogens is 1. The summed E-state index contributed by atoms with van der Waals surface area (Å²) < 4.78 is 12.2. The number of nitrogen functional groups attached to an aromatic ring is 1. The molecule has 1 aliphatic rings. The highest BCUT2D eigenvalue weighted by molar-refractivity contribution is 5.88. The molecule has 0 bridgehead atoms. The van der Waals surface area contributed by atoms with Crippen molar-refractivity contribution < 1.29 is 14.3 Å². The van der Waals surface area contributed by atoms with Gasteiger partial charge in [0.25, 0.3) is 0 Å². The summed E-state index contributed by atoms with van der Waals surface area (Å²) in [6, 6.07) is 1.62. The third kappa shape index (κ3) is 2.83. The predicted octanol–water partition coefficient (Wildman–Crippen LogP) is 0.188. The topological polar surface area (TPSA) is 69.7 Å². The van der Waals surface area contributed by atoms with E-state index in [1.165, 1.54) is 7.11 Å². The summed E-state index contributed by atoms with van der Waals surface area (Å²) in [5.74, 6) is -0.379. The summed E-state index contributed by atoms with van der Waals surface area (Å²) in [4.78, 5) is 13.8. The number of esters is 1. The highest BCUT2D eigenvalue weighted by atomic mass is 16.5. The number of methoxy groups -OCH3 is 1. The van der Waals surface area contributed by atoms with Crippen molar-refractivity contribution in [3.05, 3.63) is 18.0 Å². The first-order valence-corrected chi connectivity index (χ1v) is 5.94. The lowest BCUT2D eigenvalue weighted by atomic mass is 10.2. The van der Waals surface area contributed by atoms with Crippen LogP contribution in [-0.2, 0) is 16.0 Å². The van der Waals surface area contributed by atoms with Crippen LogP contribution in [0.3, 0.4) is 0 Å². The maximum atomic E-state index is 11.6. The molecule has 100 valence electrons. The van der Waals surface area contributed by atoms with Gasteiger partial charge in [0.2, 0.25) is 0 Å². The average Bonchev–Trinajstić information content (AvgIpc) is 2.69. The van der Waals surface area contributed by atoms with Gasteiger partial charge in [-0.15, -0.1) is 0 Å². The summed E-state index contributed by atoms with van der Waals surface area (Å²) in [6.45, 7) is 3.10. The van der Waals surface area contributed by atoms with Crippen molar-refractivity contribution in [3.63, 3.8) is 0 Å². The van der Waals surface area contributed by atoms with Crippen molar-refractivity contribution in [2.75, 3.05) is 39.6 Å². The van der Waals surface area contributed by atoms with Gasteiger partial charge in [0.15, 0.2) is 0 Å². The Hall–Kier alpha value is -1.53. The molecule has 0 radical (unpaired) electrons. The molecule has 0 spiro atoms. The lowest BCUT2D eigenvalue weighted by Crippen LogP contribution is -2.42. The minimum absolute atomic E-state index is 0.0685. The van der Waals surface area contributed by atoms with E-state index in [1.54, 1.807) is 16.8 Å². The summed E-state index contributed by atoms with van der Waals surface area (Å²) >= 11 is 0. The smallest absolute Gasteiger partial charge is 0.354 e. The van der Waals surface area contributed by atoms with Crippen LogP contribution in [0.1, 0.15) is 10.5 Å². The maximum absolute atomic E-state index is 11.6. The summed E-state index contributed by atoms with van der Waals surface area (Å²) in [5, 5.41) is 0. The van der Waals surface area contributed by atoms with Gasteiger partial charge in [-0.3, -0.25) is 0 Å². The fraction of sp³-hybridized carbons (Fsp3) is 0.583. The Balaban J connectivity index is 2.10. The molecule has 1 unspecified atom stereocenters. The Morgan fingerprint density at radius 1 is 1.67 bits per heavy atom. The van der Waals surface area contributed by atoms with Crippen LogP contribution in [0.5, 0.6) is 0 Å². The zero-order chi connectivity index (χ0) is 13.1. The molecule has 6 heteroatoms. The van der Waals surface area contributed by atoms with Crippen molar-refractivity contribution >= 4 is 11.7 Å². The van der Waals surface area contributed by atoms with Crippen LogP contribution in [0.25, 0.3) is 0 Å². The fourth-order valence-corrected chi connectivity index (χ4v) is 2.16. The van der Waals surface area contributed by atoms with E-state index in [-0.39, 0.29) is 12.1 Å². The molecule has 1 atom stereocenters. The van der Waals surface area contributed by atoms with Crippen molar-refractivity contribution in [1.29, 1.82) is 0 Å². The fourth-order valence-electron chi connectivity index (χ4n) is 2.16. The van der Waals surface area contributed by atoms with E-state index in [1.807, 2.05) is 0 Å². The quantitative estimate of drug-likeness (QED) is 0.779. The third-order valence-corrected chi connectivity index (χ3v) is 3.05. The molecule has 0 amide bonds. The second-order valence-electron chi connectivity index (χ2n) is 4.56. The minimum atomic E-state index is -0.379. The van der Waals surface area contributed by atoms with Crippen LogP contribution >= 0.6 is 0 Å². The van der Waals surface area contributed by atoms with Crippen molar-refractivity contribution in [1.82, 2.24) is 9.47 Å². The number of morpholine rings is 1. The number of carbonyl (C=O) groups is 1. The van der Waals surface area contributed by atoms with Gasteiger partial charge in [-0.05, 0) is 13.1 Å². The molecule has 1 aliphatic heterocycles. The van der Waals surface area contributed by atoms with Gasteiger partial charge >= 0.3 is 5.97 Å². The first kappa shape index (κ1) is 12.9. The molecule has 2 N–H and O–H groups in total. The number of hydrogen-bond acceptors (Lipinski definition) is 5. The lowest BCUT2D eigenvalue weighted by molar-refractivity contribution is -0.0277. The molecular formula is C12H19N3O3. The molecule has 1 aromatic rings. The zero-order valence-electron chi connectivity index (χ0n) is 10.8. The van der Waals surface area contributed by atoms with E-state index < -0.39 is 0 Å². The van der Waals surface area contributed by atoms with Gasteiger partial charge in [-0.2, -0.15) is 0 Å². The molecule has 1 fully saturated rings. The van der Waals surface area contributed by atoms with Gasteiger partial charge in [0.05, 0.1) is 32.1 Å². The van der Waals surface area contributed by atoms with E-state index in [2.05, 4.69) is 11.9 Å². The van der Waals surface area contributed by atoms with Crippen molar-refractivity contribution in [3.8, 4) is 0 Å². The molecule has 1 aromatic heterocycles. The first-order valence-electron chi connectivity index (χ1n) is 5.94. The molecular weight excluding hydrogens is 234 g/mol. The molecule has 2 rings (SSSR count). The Labute approximate surface area is 106 Å². The second kappa shape index (κ2) is 5.41. The van der Waals surface area contributed by atoms with E-state index in [4.69, 9.17) is 15.2 Å². The summed E-state index contributed by atoms with van der Waals surface area (Å²) in [7, 11) is 3.42. The van der Waals surface area contributed by atoms with Gasteiger partial charge in [-0.1, -0.05) is 0 Å². The molecule has 18 heavy (non-hydrogen) atoms. The second-order valence-corrected chi connectivity index (χ2v) is 4.56. The van der Waals surface area contributed by atoms with Gasteiger partial charge in [0.1, 0.15) is 5.69 Å². The van der Waals surface area contributed by atoms with Crippen LogP contribution in [0, 0.1) is 0 Å². The van der Waals surface area contributed by atoms with Crippen LogP contribution in [0.15, 0.2) is 12.3 Å². The molecule has 6 nitrogen and oxygen atoms in total. The third-order valence-electron chi connectivity index (χ3n) is 3.05. The highest BCUT2D eigenvalue weighted by Gasteiger charge is 2.21. The van der Waals surface area contributed by atoms with Crippen LogP contribution < -0.4 is 5.73 Å². The van der Waals surface area contributed by atoms with E-state index >= 15 is 0 Å².